The Morgan fingerprint density at radius 2 is 2.22 bits per heavy atom. The molecule has 0 saturated carbocycles. The van der Waals surface area contributed by atoms with Gasteiger partial charge < -0.3 is 14.8 Å². The fourth-order valence-electron chi connectivity index (χ4n) is 2.66. The van der Waals surface area contributed by atoms with Crippen LogP contribution in [0, 0.1) is 5.92 Å². The molecule has 0 radical (unpaired) electrons. The second kappa shape index (κ2) is 6.76. The number of hydrogen-bond donors (Lipinski definition) is 1. The second-order valence-corrected chi connectivity index (χ2v) is 4.72. The maximum absolute atomic E-state index is 6.00. The molecule has 3 heteroatoms. The molecule has 1 saturated heterocycles. The Bertz CT molecular complexity index is 365. The highest BCUT2D eigenvalue weighted by Gasteiger charge is 2.28. The molecule has 18 heavy (non-hydrogen) atoms. The number of ether oxygens (including phenoxy) is 2. The van der Waals surface area contributed by atoms with Crippen LogP contribution in [0.1, 0.15) is 31.4 Å². The smallest absolute Gasteiger partial charge is 0.125 e. The lowest BCUT2D eigenvalue weighted by atomic mass is 9.89. The van der Waals surface area contributed by atoms with E-state index in [2.05, 4.69) is 17.4 Å². The van der Waals surface area contributed by atoms with Crippen molar-refractivity contribution in [2.45, 2.75) is 25.9 Å². The van der Waals surface area contributed by atoms with Gasteiger partial charge in [0.1, 0.15) is 5.75 Å². The highest BCUT2D eigenvalue weighted by Crippen LogP contribution is 2.37. The highest BCUT2D eigenvalue weighted by atomic mass is 16.5. The molecule has 0 aliphatic carbocycles. The average Bonchev–Trinajstić information content (AvgIpc) is 2.41. The first-order valence-corrected chi connectivity index (χ1v) is 6.84. The van der Waals surface area contributed by atoms with Crippen LogP contribution >= 0.6 is 0 Å². The van der Waals surface area contributed by atoms with Crippen LogP contribution in [0.25, 0.3) is 0 Å². The van der Waals surface area contributed by atoms with Gasteiger partial charge in [0.25, 0.3) is 0 Å². The molecule has 1 aromatic rings. The molecule has 1 aliphatic rings. The van der Waals surface area contributed by atoms with E-state index in [0.29, 0.717) is 12.5 Å². The molecule has 3 nitrogen and oxygen atoms in total. The van der Waals surface area contributed by atoms with Gasteiger partial charge in [0, 0.05) is 24.6 Å². The van der Waals surface area contributed by atoms with E-state index in [4.69, 9.17) is 9.47 Å². The van der Waals surface area contributed by atoms with E-state index in [1.165, 1.54) is 12.0 Å². The molecule has 1 fully saturated rings. The van der Waals surface area contributed by atoms with E-state index < -0.39 is 0 Å². The summed E-state index contributed by atoms with van der Waals surface area (Å²) in [6, 6.07) is 8.24. The lowest BCUT2D eigenvalue weighted by Crippen LogP contribution is -2.30. The molecule has 0 aromatic heterocycles. The van der Waals surface area contributed by atoms with Crippen LogP contribution in [0.2, 0.25) is 0 Å². The number of rotatable bonds is 5. The number of benzene rings is 1. The zero-order valence-corrected chi connectivity index (χ0v) is 11.3. The molecular formula is C15H23NO2. The summed E-state index contributed by atoms with van der Waals surface area (Å²) in [5, 5.41) is 3.27. The van der Waals surface area contributed by atoms with Crippen molar-refractivity contribution in [2.75, 3.05) is 26.8 Å². The Kier molecular flexibility index (Phi) is 5.02. The van der Waals surface area contributed by atoms with E-state index in [-0.39, 0.29) is 6.10 Å². The SMILES string of the molecule is CCOc1ccccc1C1OCCCC1CNC. The Hall–Kier alpha value is -1.06. The van der Waals surface area contributed by atoms with Crippen molar-refractivity contribution in [3.8, 4) is 5.75 Å². The molecule has 0 amide bonds. The monoisotopic (exact) mass is 249 g/mol. The minimum atomic E-state index is 0.161. The molecule has 2 unspecified atom stereocenters. The summed E-state index contributed by atoms with van der Waals surface area (Å²) < 4.78 is 11.7. The molecule has 0 spiro atoms. The van der Waals surface area contributed by atoms with Crippen LogP contribution in [0.4, 0.5) is 0 Å². The quantitative estimate of drug-likeness (QED) is 0.870. The van der Waals surface area contributed by atoms with Crippen molar-refractivity contribution in [3.63, 3.8) is 0 Å². The van der Waals surface area contributed by atoms with Crippen LogP contribution in [0.5, 0.6) is 5.75 Å². The fourth-order valence-corrected chi connectivity index (χ4v) is 2.66. The normalized spacial score (nSPS) is 23.9. The number of hydrogen-bond acceptors (Lipinski definition) is 3. The summed E-state index contributed by atoms with van der Waals surface area (Å²) in [5.74, 6) is 1.50. The van der Waals surface area contributed by atoms with Gasteiger partial charge in [-0.3, -0.25) is 0 Å². The third-order valence-corrected chi connectivity index (χ3v) is 3.44. The summed E-state index contributed by atoms with van der Waals surface area (Å²) in [6.07, 6.45) is 2.53. The summed E-state index contributed by atoms with van der Waals surface area (Å²) in [5.41, 5.74) is 1.19. The van der Waals surface area contributed by atoms with E-state index in [9.17, 15) is 0 Å². The van der Waals surface area contributed by atoms with Crippen LogP contribution in [-0.2, 0) is 4.74 Å². The van der Waals surface area contributed by atoms with Gasteiger partial charge in [0.15, 0.2) is 0 Å². The molecular weight excluding hydrogens is 226 g/mol. The van der Waals surface area contributed by atoms with Gasteiger partial charge in [-0.15, -0.1) is 0 Å². The van der Waals surface area contributed by atoms with Crippen LogP contribution < -0.4 is 10.1 Å². The predicted molar refractivity (Wildman–Crippen MR) is 73.0 cm³/mol. The molecule has 1 aromatic carbocycles. The molecule has 100 valence electrons. The minimum Gasteiger partial charge on any atom is -0.493 e. The maximum atomic E-state index is 6.00. The topological polar surface area (TPSA) is 30.5 Å². The third kappa shape index (κ3) is 3.03. The Balaban J connectivity index is 2.21. The lowest BCUT2D eigenvalue weighted by Gasteiger charge is -2.32. The van der Waals surface area contributed by atoms with Crippen LogP contribution in [-0.4, -0.2) is 26.8 Å². The number of nitrogens with one attached hydrogen (secondary N) is 1. The second-order valence-electron chi connectivity index (χ2n) is 4.72. The van der Waals surface area contributed by atoms with Gasteiger partial charge in [-0.25, -0.2) is 0 Å². The summed E-state index contributed by atoms with van der Waals surface area (Å²) in [4.78, 5) is 0. The van der Waals surface area contributed by atoms with Crippen molar-refractivity contribution in [1.29, 1.82) is 0 Å². The van der Waals surface area contributed by atoms with E-state index in [0.717, 1.165) is 25.3 Å². The van der Waals surface area contributed by atoms with Crippen molar-refractivity contribution >= 4 is 0 Å². The molecule has 1 N–H and O–H groups in total. The van der Waals surface area contributed by atoms with Crippen molar-refractivity contribution in [2.24, 2.45) is 5.92 Å². The number of para-hydroxylation sites is 1. The third-order valence-electron chi connectivity index (χ3n) is 3.44. The molecule has 1 aliphatic heterocycles. The zero-order chi connectivity index (χ0) is 12.8. The van der Waals surface area contributed by atoms with Gasteiger partial charge in [-0.05, 0) is 32.9 Å². The van der Waals surface area contributed by atoms with Crippen molar-refractivity contribution in [3.05, 3.63) is 29.8 Å². The van der Waals surface area contributed by atoms with Gasteiger partial charge in [-0.2, -0.15) is 0 Å². The predicted octanol–water partition coefficient (Wildman–Crippen LogP) is 2.77. The van der Waals surface area contributed by atoms with Gasteiger partial charge in [0.05, 0.1) is 12.7 Å². The van der Waals surface area contributed by atoms with Crippen LogP contribution in [0.15, 0.2) is 24.3 Å². The minimum absolute atomic E-state index is 0.161. The summed E-state index contributed by atoms with van der Waals surface area (Å²) in [7, 11) is 2.00. The van der Waals surface area contributed by atoms with Gasteiger partial charge in [0.2, 0.25) is 0 Å². The lowest BCUT2D eigenvalue weighted by molar-refractivity contribution is -0.0285. The van der Waals surface area contributed by atoms with Crippen molar-refractivity contribution in [1.82, 2.24) is 5.32 Å². The Morgan fingerprint density at radius 3 is 3.00 bits per heavy atom. The first kappa shape index (κ1) is 13.4. The Morgan fingerprint density at radius 1 is 1.39 bits per heavy atom. The van der Waals surface area contributed by atoms with Crippen LogP contribution in [0.3, 0.4) is 0 Å². The molecule has 2 atom stereocenters. The zero-order valence-electron chi connectivity index (χ0n) is 11.3. The molecule has 0 bridgehead atoms. The standard InChI is InChI=1S/C15H23NO2/c1-3-17-14-9-5-4-8-13(14)15-12(11-16-2)7-6-10-18-15/h4-5,8-9,12,15-16H,3,6-7,10-11H2,1-2H3. The van der Waals surface area contributed by atoms with E-state index >= 15 is 0 Å². The first-order valence-electron chi connectivity index (χ1n) is 6.84. The Labute approximate surface area is 109 Å². The van der Waals surface area contributed by atoms with Gasteiger partial charge in [-0.1, -0.05) is 18.2 Å². The molecule has 1 heterocycles. The molecule has 2 rings (SSSR count). The fraction of sp³-hybridized carbons (Fsp3) is 0.600. The highest BCUT2D eigenvalue weighted by molar-refractivity contribution is 5.35. The van der Waals surface area contributed by atoms with E-state index in [1.54, 1.807) is 0 Å². The summed E-state index contributed by atoms with van der Waals surface area (Å²) in [6.45, 7) is 4.56. The average molecular weight is 249 g/mol. The largest absolute Gasteiger partial charge is 0.493 e. The summed E-state index contributed by atoms with van der Waals surface area (Å²) >= 11 is 0. The first-order chi connectivity index (χ1) is 8.86. The van der Waals surface area contributed by atoms with Gasteiger partial charge >= 0.3 is 0 Å². The van der Waals surface area contributed by atoms with E-state index in [1.807, 2.05) is 26.1 Å². The van der Waals surface area contributed by atoms with Crippen molar-refractivity contribution < 1.29 is 9.47 Å². The maximum Gasteiger partial charge on any atom is 0.125 e.